The van der Waals surface area contributed by atoms with Gasteiger partial charge in [0.25, 0.3) is 0 Å². The number of unbranched alkanes of at least 4 members (excludes halogenated alkanes) is 42. The molecule has 0 spiro atoms. The summed E-state index contributed by atoms with van der Waals surface area (Å²) in [6.45, 7) is 9.57. The molecule has 0 aromatic rings. The molecule has 0 bridgehead atoms. The average molecular weight is 1430 g/mol. The zero-order valence-corrected chi connectivity index (χ0v) is 65.4. The summed E-state index contributed by atoms with van der Waals surface area (Å²) in [6, 6.07) is 0. The Hall–Kier alpha value is -2.46. The minimum absolute atomic E-state index is 0.101. The van der Waals surface area contributed by atoms with Crippen molar-refractivity contribution in [1.82, 2.24) is 0 Å². The second kappa shape index (κ2) is 70.2. The first-order valence-electron chi connectivity index (χ1n) is 40.3. The Kier molecular flexibility index (Phi) is 68.5. The van der Waals surface area contributed by atoms with Crippen molar-refractivity contribution >= 4 is 39.5 Å². The highest BCUT2D eigenvalue weighted by Crippen LogP contribution is 2.45. The SMILES string of the molecule is CCCCCC/C=C\C=C/CCCCCCCC(=O)OC[C@H](COP(=O)(O)OC[C@@H](O)COP(=O)(O)OC[C@@H](COC(=O)CCCCCCCCCC)OC(=O)CCCCCCCCCCCCC(C)C)OC(=O)CCCCCCCCCCCCCCCCCCCCC(C)CC. The molecule has 0 aliphatic heterocycles. The number of aliphatic hydroxyl groups excluding tert-OH is 1. The van der Waals surface area contributed by atoms with Gasteiger partial charge in [0.15, 0.2) is 12.2 Å². The summed E-state index contributed by atoms with van der Waals surface area (Å²) < 4.78 is 68.5. The predicted octanol–water partition coefficient (Wildman–Crippen LogP) is 23.1. The van der Waals surface area contributed by atoms with Gasteiger partial charge in [0, 0.05) is 25.7 Å². The lowest BCUT2D eigenvalue weighted by Gasteiger charge is -2.21. The fourth-order valence-corrected chi connectivity index (χ4v) is 13.2. The van der Waals surface area contributed by atoms with Gasteiger partial charge in [0.05, 0.1) is 26.4 Å². The second-order valence-corrected chi connectivity index (χ2v) is 31.4. The van der Waals surface area contributed by atoms with Crippen molar-refractivity contribution in [3.05, 3.63) is 24.3 Å². The topological polar surface area (TPSA) is 237 Å². The number of rotatable bonds is 76. The number of ether oxygens (including phenoxy) is 4. The van der Waals surface area contributed by atoms with Crippen molar-refractivity contribution in [3.8, 4) is 0 Å². The van der Waals surface area contributed by atoms with Crippen LogP contribution in [0.2, 0.25) is 0 Å². The predicted molar refractivity (Wildman–Crippen MR) is 400 cm³/mol. The maximum absolute atomic E-state index is 13.1. The molecule has 0 aromatic heterocycles. The van der Waals surface area contributed by atoms with Crippen molar-refractivity contribution < 1.29 is 80.2 Å². The molecular formula is C79H150O17P2. The minimum atomic E-state index is -4.97. The van der Waals surface area contributed by atoms with Crippen molar-refractivity contribution in [3.63, 3.8) is 0 Å². The fourth-order valence-electron chi connectivity index (χ4n) is 11.6. The molecule has 19 heteroatoms. The summed E-state index contributed by atoms with van der Waals surface area (Å²) in [5, 5.41) is 10.6. The van der Waals surface area contributed by atoms with Crippen molar-refractivity contribution in [1.29, 1.82) is 0 Å². The van der Waals surface area contributed by atoms with E-state index in [0.717, 1.165) is 127 Å². The highest BCUT2D eigenvalue weighted by molar-refractivity contribution is 7.47. The van der Waals surface area contributed by atoms with Crippen LogP contribution in [0.3, 0.4) is 0 Å². The number of hydrogen-bond donors (Lipinski definition) is 3. The number of esters is 4. The Labute approximate surface area is 599 Å². The lowest BCUT2D eigenvalue weighted by molar-refractivity contribution is -0.161. The van der Waals surface area contributed by atoms with E-state index in [9.17, 15) is 43.2 Å². The van der Waals surface area contributed by atoms with Crippen molar-refractivity contribution in [2.24, 2.45) is 11.8 Å². The summed E-state index contributed by atoms with van der Waals surface area (Å²) in [5.74, 6) is -0.526. The highest BCUT2D eigenvalue weighted by atomic mass is 31.2. The molecule has 17 nitrogen and oxygen atoms in total. The van der Waals surface area contributed by atoms with E-state index in [-0.39, 0.29) is 25.7 Å². The van der Waals surface area contributed by atoms with Crippen LogP contribution in [-0.2, 0) is 65.4 Å². The first-order chi connectivity index (χ1) is 47.4. The van der Waals surface area contributed by atoms with E-state index in [1.807, 2.05) is 0 Å². The summed E-state index contributed by atoms with van der Waals surface area (Å²) in [4.78, 5) is 72.8. The molecule has 98 heavy (non-hydrogen) atoms. The van der Waals surface area contributed by atoms with Crippen molar-refractivity contribution in [2.45, 2.75) is 407 Å². The molecule has 0 aliphatic rings. The van der Waals surface area contributed by atoms with Crippen LogP contribution >= 0.6 is 15.6 Å². The van der Waals surface area contributed by atoms with Crippen molar-refractivity contribution in [2.75, 3.05) is 39.6 Å². The zero-order valence-electron chi connectivity index (χ0n) is 63.6. The van der Waals surface area contributed by atoms with Gasteiger partial charge < -0.3 is 33.8 Å². The third kappa shape index (κ3) is 70.6. The van der Waals surface area contributed by atoms with E-state index in [2.05, 4.69) is 65.8 Å². The molecule has 0 aliphatic carbocycles. The zero-order chi connectivity index (χ0) is 72.1. The molecule has 578 valence electrons. The van der Waals surface area contributed by atoms with Crippen LogP contribution in [0.25, 0.3) is 0 Å². The molecule has 0 fully saturated rings. The molecule has 0 amide bonds. The van der Waals surface area contributed by atoms with Crippen LogP contribution in [0, 0.1) is 11.8 Å². The smallest absolute Gasteiger partial charge is 0.462 e. The number of aliphatic hydroxyl groups is 1. The summed E-state index contributed by atoms with van der Waals surface area (Å²) in [7, 11) is -9.92. The van der Waals surface area contributed by atoms with Crippen LogP contribution in [0.15, 0.2) is 24.3 Å². The second-order valence-electron chi connectivity index (χ2n) is 28.5. The maximum atomic E-state index is 13.1. The van der Waals surface area contributed by atoms with Gasteiger partial charge in [0.2, 0.25) is 0 Å². The van der Waals surface area contributed by atoms with E-state index < -0.39 is 97.5 Å². The van der Waals surface area contributed by atoms with Gasteiger partial charge in [0.1, 0.15) is 19.3 Å². The molecular weight excluding hydrogens is 1280 g/mol. The Bertz CT molecular complexity index is 1990. The quantitative estimate of drug-likeness (QED) is 0.0169. The van der Waals surface area contributed by atoms with Crippen LogP contribution in [-0.4, -0.2) is 96.7 Å². The van der Waals surface area contributed by atoms with Crippen LogP contribution < -0.4 is 0 Å². The van der Waals surface area contributed by atoms with Crippen LogP contribution in [0.4, 0.5) is 0 Å². The first kappa shape index (κ1) is 95.5. The van der Waals surface area contributed by atoms with E-state index in [0.29, 0.717) is 25.7 Å². The Morgan fingerprint density at radius 1 is 0.337 bits per heavy atom. The van der Waals surface area contributed by atoms with Gasteiger partial charge in [-0.25, -0.2) is 9.13 Å². The number of phosphoric acid groups is 2. The maximum Gasteiger partial charge on any atom is 0.472 e. The van der Waals surface area contributed by atoms with E-state index in [4.69, 9.17) is 37.0 Å². The van der Waals surface area contributed by atoms with E-state index in [1.165, 1.54) is 180 Å². The lowest BCUT2D eigenvalue weighted by Crippen LogP contribution is -2.30. The van der Waals surface area contributed by atoms with E-state index in [1.54, 1.807) is 0 Å². The molecule has 3 N–H and O–H groups in total. The Morgan fingerprint density at radius 2 is 0.602 bits per heavy atom. The molecule has 0 saturated heterocycles. The summed E-state index contributed by atoms with van der Waals surface area (Å²) >= 11 is 0. The summed E-state index contributed by atoms with van der Waals surface area (Å²) in [6.07, 6.45) is 61.9. The molecule has 0 rings (SSSR count). The minimum Gasteiger partial charge on any atom is -0.462 e. The third-order valence-corrected chi connectivity index (χ3v) is 20.1. The standard InChI is InChI=1S/C79H150O17P2/c1-7-10-12-14-16-18-19-20-25-29-32-38-44-50-56-62-77(82)90-68-75(96-78(83)63-57-51-45-39-33-30-27-24-22-21-23-26-28-31-37-42-48-54-60-72(6)9-3)70-94-98(87,88)92-66-73(80)65-91-97(85,86)93-69-74(67-89-76(81)61-55-49-43-17-15-13-11-8-2)95-79(84)64-58-52-46-40-35-34-36-41-47-53-59-71(4)5/h18-20,25,71-75,80H,7-17,21-24,26-70H2,1-6H3,(H,85,86)(H,87,88)/b19-18-,25-20-/t72?,73-,74+,75+/m0/s1. The van der Waals surface area contributed by atoms with Gasteiger partial charge in [-0.15, -0.1) is 0 Å². The summed E-state index contributed by atoms with van der Waals surface area (Å²) in [5.41, 5.74) is 0. The number of allylic oxidation sites excluding steroid dienone is 4. The van der Waals surface area contributed by atoms with Crippen LogP contribution in [0.1, 0.15) is 388 Å². The fraction of sp³-hybridized carbons (Fsp3) is 0.899. The molecule has 6 atom stereocenters. The first-order valence-corrected chi connectivity index (χ1v) is 43.3. The number of phosphoric ester groups is 2. The van der Waals surface area contributed by atoms with Gasteiger partial charge in [-0.3, -0.25) is 37.3 Å². The van der Waals surface area contributed by atoms with Crippen LogP contribution in [0.5, 0.6) is 0 Å². The highest BCUT2D eigenvalue weighted by Gasteiger charge is 2.30. The largest absolute Gasteiger partial charge is 0.472 e. The Morgan fingerprint density at radius 3 is 0.918 bits per heavy atom. The lowest BCUT2D eigenvalue weighted by atomic mass is 9.99. The molecule has 3 unspecified atom stereocenters. The van der Waals surface area contributed by atoms with Gasteiger partial charge >= 0.3 is 39.5 Å². The molecule has 0 saturated carbocycles. The third-order valence-electron chi connectivity index (χ3n) is 18.2. The molecule has 0 radical (unpaired) electrons. The van der Waals surface area contributed by atoms with Gasteiger partial charge in [-0.2, -0.15) is 0 Å². The van der Waals surface area contributed by atoms with Gasteiger partial charge in [-0.1, -0.05) is 336 Å². The van der Waals surface area contributed by atoms with Gasteiger partial charge in [-0.05, 0) is 63.2 Å². The Balaban J connectivity index is 5.21. The molecule has 0 aromatic carbocycles. The number of hydrogen-bond acceptors (Lipinski definition) is 15. The monoisotopic (exact) mass is 1430 g/mol. The normalized spacial score (nSPS) is 14.4. The average Bonchev–Trinajstić information content (AvgIpc) is 1.12. The molecule has 0 heterocycles. The number of carbonyl (C=O) groups is 4. The number of carbonyl (C=O) groups excluding carboxylic acids is 4. The van der Waals surface area contributed by atoms with E-state index >= 15 is 0 Å².